The molecule has 4 heteroatoms. The summed E-state index contributed by atoms with van der Waals surface area (Å²) in [5.74, 6) is 0. The van der Waals surface area contributed by atoms with Crippen LogP contribution < -0.4 is 5.32 Å². The minimum Gasteiger partial charge on any atom is -0.377 e. The molecule has 2 rings (SSSR count). The topological polar surface area (TPSA) is 24.5 Å². The molecular weight excluding hydrogens is 284 g/mol. The van der Waals surface area contributed by atoms with E-state index >= 15 is 0 Å². The number of hydrogen-bond donors (Lipinski definition) is 1. The van der Waals surface area contributed by atoms with Crippen LogP contribution in [0.4, 0.5) is 0 Å². The predicted octanol–water partition coefficient (Wildman–Crippen LogP) is 3.49. The third-order valence-corrected chi connectivity index (χ3v) is 4.28. The summed E-state index contributed by atoms with van der Waals surface area (Å²) < 4.78 is 5.70. The third-order valence-electron chi connectivity index (χ3n) is 4.04. The van der Waals surface area contributed by atoms with Gasteiger partial charge >= 0.3 is 0 Å². The summed E-state index contributed by atoms with van der Waals surface area (Å²) in [6.45, 7) is 6.14. The second-order valence-corrected chi connectivity index (χ2v) is 6.29. The van der Waals surface area contributed by atoms with Crippen LogP contribution in [-0.4, -0.2) is 44.3 Å². The molecule has 1 heterocycles. The Hall–Kier alpha value is -0.610. The number of nitrogens with zero attached hydrogens (tertiary/aromatic N) is 1. The SMILES string of the molecule is CCNC(CCN(C)CC1CCCO1)c1cccc(Cl)c1. The molecule has 0 aliphatic carbocycles. The second-order valence-electron chi connectivity index (χ2n) is 5.85. The summed E-state index contributed by atoms with van der Waals surface area (Å²) in [5.41, 5.74) is 1.27. The summed E-state index contributed by atoms with van der Waals surface area (Å²) >= 11 is 6.11. The van der Waals surface area contributed by atoms with E-state index in [2.05, 4.69) is 36.3 Å². The summed E-state index contributed by atoms with van der Waals surface area (Å²) in [5, 5.41) is 4.37. The van der Waals surface area contributed by atoms with E-state index < -0.39 is 0 Å². The van der Waals surface area contributed by atoms with Gasteiger partial charge in [-0.2, -0.15) is 0 Å². The van der Waals surface area contributed by atoms with Crippen LogP contribution >= 0.6 is 11.6 Å². The lowest BCUT2D eigenvalue weighted by molar-refractivity contribution is 0.0801. The van der Waals surface area contributed by atoms with Crippen molar-refractivity contribution in [2.24, 2.45) is 0 Å². The van der Waals surface area contributed by atoms with Gasteiger partial charge < -0.3 is 15.0 Å². The van der Waals surface area contributed by atoms with Gasteiger partial charge in [-0.1, -0.05) is 30.7 Å². The molecule has 0 saturated carbocycles. The van der Waals surface area contributed by atoms with E-state index in [4.69, 9.17) is 16.3 Å². The van der Waals surface area contributed by atoms with Crippen LogP contribution in [0.1, 0.15) is 37.8 Å². The summed E-state index contributed by atoms with van der Waals surface area (Å²) in [6.07, 6.45) is 3.92. The highest BCUT2D eigenvalue weighted by atomic mass is 35.5. The standard InChI is InChI=1S/C17H27ClN2O/c1-3-19-17(14-6-4-7-15(18)12-14)9-10-20(2)13-16-8-5-11-21-16/h4,6-7,12,16-17,19H,3,5,8-11,13H2,1-2H3. The van der Waals surface area contributed by atoms with Gasteiger partial charge in [0.15, 0.2) is 0 Å². The number of rotatable bonds is 8. The van der Waals surface area contributed by atoms with Crippen LogP contribution in [0.15, 0.2) is 24.3 Å². The van der Waals surface area contributed by atoms with Gasteiger partial charge in [-0.05, 0) is 57.1 Å². The maximum absolute atomic E-state index is 6.11. The number of halogens is 1. The van der Waals surface area contributed by atoms with Crippen LogP contribution in [0.25, 0.3) is 0 Å². The molecular formula is C17H27ClN2O. The highest BCUT2D eigenvalue weighted by Crippen LogP contribution is 2.21. The van der Waals surface area contributed by atoms with Crippen molar-refractivity contribution >= 4 is 11.6 Å². The van der Waals surface area contributed by atoms with Crippen molar-refractivity contribution in [3.8, 4) is 0 Å². The first kappa shape index (κ1) is 16.8. The van der Waals surface area contributed by atoms with Crippen molar-refractivity contribution in [1.29, 1.82) is 0 Å². The molecule has 2 unspecified atom stereocenters. The van der Waals surface area contributed by atoms with Crippen molar-refractivity contribution in [1.82, 2.24) is 10.2 Å². The van der Waals surface area contributed by atoms with Crippen molar-refractivity contribution in [3.05, 3.63) is 34.9 Å². The van der Waals surface area contributed by atoms with Gasteiger partial charge in [0, 0.05) is 24.2 Å². The molecule has 2 atom stereocenters. The summed E-state index contributed by atoms with van der Waals surface area (Å²) in [6, 6.07) is 8.53. The number of hydrogen-bond acceptors (Lipinski definition) is 3. The summed E-state index contributed by atoms with van der Waals surface area (Å²) in [4.78, 5) is 2.38. The zero-order valence-electron chi connectivity index (χ0n) is 13.1. The zero-order chi connectivity index (χ0) is 15.1. The number of benzene rings is 1. The fraction of sp³-hybridized carbons (Fsp3) is 0.647. The van der Waals surface area contributed by atoms with Gasteiger partial charge in [0.1, 0.15) is 0 Å². The first-order valence-electron chi connectivity index (χ1n) is 7.98. The quantitative estimate of drug-likeness (QED) is 0.795. The Bertz CT molecular complexity index is 421. The maximum atomic E-state index is 6.11. The largest absolute Gasteiger partial charge is 0.377 e. The van der Waals surface area contributed by atoms with Gasteiger partial charge in [0.05, 0.1) is 6.10 Å². The zero-order valence-corrected chi connectivity index (χ0v) is 13.9. The lowest BCUT2D eigenvalue weighted by Gasteiger charge is -2.24. The maximum Gasteiger partial charge on any atom is 0.0702 e. The van der Waals surface area contributed by atoms with Crippen LogP contribution in [-0.2, 0) is 4.74 Å². The molecule has 3 nitrogen and oxygen atoms in total. The van der Waals surface area contributed by atoms with Gasteiger partial charge in [-0.25, -0.2) is 0 Å². The molecule has 1 aliphatic rings. The first-order chi connectivity index (χ1) is 10.2. The van der Waals surface area contributed by atoms with Crippen molar-refractivity contribution < 1.29 is 4.74 Å². The molecule has 1 aliphatic heterocycles. The highest BCUT2D eigenvalue weighted by Gasteiger charge is 2.18. The monoisotopic (exact) mass is 310 g/mol. The van der Waals surface area contributed by atoms with E-state index in [1.54, 1.807) is 0 Å². The van der Waals surface area contributed by atoms with E-state index in [1.165, 1.54) is 18.4 Å². The average molecular weight is 311 g/mol. The van der Waals surface area contributed by atoms with E-state index in [9.17, 15) is 0 Å². The molecule has 0 amide bonds. The minimum absolute atomic E-state index is 0.362. The van der Waals surface area contributed by atoms with Crippen molar-refractivity contribution in [2.45, 2.75) is 38.3 Å². The van der Waals surface area contributed by atoms with Crippen molar-refractivity contribution in [3.63, 3.8) is 0 Å². The van der Waals surface area contributed by atoms with Gasteiger partial charge in [-0.15, -0.1) is 0 Å². The molecule has 1 aromatic rings. The molecule has 1 N–H and O–H groups in total. The molecule has 1 aromatic carbocycles. The molecule has 0 aromatic heterocycles. The molecule has 21 heavy (non-hydrogen) atoms. The first-order valence-corrected chi connectivity index (χ1v) is 8.36. The fourth-order valence-corrected chi connectivity index (χ4v) is 3.13. The Morgan fingerprint density at radius 2 is 2.33 bits per heavy atom. The van der Waals surface area contributed by atoms with Gasteiger partial charge in [0.25, 0.3) is 0 Å². The van der Waals surface area contributed by atoms with E-state index in [0.717, 1.165) is 37.7 Å². The van der Waals surface area contributed by atoms with Crippen LogP contribution in [0, 0.1) is 0 Å². The fourth-order valence-electron chi connectivity index (χ4n) is 2.93. The highest BCUT2D eigenvalue weighted by molar-refractivity contribution is 6.30. The lowest BCUT2D eigenvalue weighted by atomic mass is 10.0. The Morgan fingerprint density at radius 3 is 3.00 bits per heavy atom. The molecule has 118 valence electrons. The predicted molar refractivity (Wildman–Crippen MR) is 89.0 cm³/mol. The molecule has 1 fully saturated rings. The second kappa shape index (κ2) is 8.74. The van der Waals surface area contributed by atoms with Gasteiger partial charge in [-0.3, -0.25) is 0 Å². The van der Waals surface area contributed by atoms with E-state index in [1.807, 2.05) is 12.1 Å². The van der Waals surface area contributed by atoms with Crippen LogP contribution in [0.5, 0.6) is 0 Å². The Morgan fingerprint density at radius 1 is 1.48 bits per heavy atom. The van der Waals surface area contributed by atoms with Crippen LogP contribution in [0.3, 0.4) is 0 Å². The van der Waals surface area contributed by atoms with E-state index in [0.29, 0.717) is 12.1 Å². The molecule has 0 bridgehead atoms. The number of nitrogens with one attached hydrogen (secondary N) is 1. The Balaban J connectivity index is 1.84. The normalized spacial score (nSPS) is 20.1. The lowest BCUT2D eigenvalue weighted by Crippen LogP contribution is -2.32. The number of likely N-dealkylation sites (N-methyl/N-ethyl adjacent to an activating group) is 1. The van der Waals surface area contributed by atoms with Gasteiger partial charge in [0.2, 0.25) is 0 Å². The average Bonchev–Trinajstić information content (AvgIpc) is 2.96. The summed E-state index contributed by atoms with van der Waals surface area (Å²) in [7, 11) is 2.18. The molecule has 1 saturated heterocycles. The molecule has 0 spiro atoms. The van der Waals surface area contributed by atoms with E-state index in [-0.39, 0.29) is 0 Å². The molecule has 0 radical (unpaired) electrons. The van der Waals surface area contributed by atoms with Crippen molar-refractivity contribution in [2.75, 3.05) is 33.3 Å². The Labute approximate surface area is 133 Å². The smallest absolute Gasteiger partial charge is 0.0702 e. The third kappa shape index (κ3) is 5.59. The Kier molecular flexibility index (Phi) is 6.97. The van der Waals surface area contributed by atoms with Crippen LogP contribution in [0.2, 0.25) is 5.02 Å². The number of ether oxygens (including phenoxy) is 1. The minimum atomic E-state index is 0.362.